The zero-order valence-corrected chi connectivity index (χ0v) is 57.8. The number of imidazole rings is 1. The highest BCUT2D eigenvalue weighted by molar-refractivity contribution is 7.12. The third-order valence-corrected chi connectivity index (χ3v) is 17.3. The summed E-state index contributed by atoms with van der Waals surface area (Å²) in [4.78, 5) is 218. The molecule has 12 amide bonds. The first-order valence-electron chi connectivity index (χ1n) is 33.1. The molecule has 2 aromatic heterocycles. The number of ketones is 1. The molecule has 0 saturated carbocycles. The van der Waals surface area contributed by atoms with Crippen molar-refractivity contribution in [1.29, 1.82) is 0 Å². The highest BCUT2D eigenvalue weighted by atomic mass is 32.1. The summed E-state index contributed by atoms with van der Waals surface area (Å²) in [6.07, 6.45) is -0.663. The normalized spacial score (nSPS) is 21.1. The predicted molar refractivity (Wildman–Crippen MR) is 359 cm³/mol. The smallest absolute Gasteiger partial charge is 0.305 e. The van der Waals surface area contributed by atoms with Crippen LogP contribution in [0.4, 0.5) is 0 Å². The molecule has 0 spiro atoms. The number of rotatable bonds is 30. The molecule has 4 rings (SSSR count). The molecule has 1 aliphatic rings. The lowest BCUT2D eigenvalue weighted by atomic mass is 9.96. The van der Waals surface area contributed by atoms with Gasteiger partial charge in [0.2, 0.25) is 65.0 Å². The van der Waals surface area contributed by atoms with Crippen molar-refractivity contribution in [1.82, 2.24) is 73.4 Å². The number of Topliss-reactive ketones (excluding diaryl/α,β-unsaturated/α-hetero) is 1. The van der Waals surface area contributed by atoms with Crippen LogP contribution in [0, 0.1) is 23.7 Å². The number of hydrogen-bond donors (Lipinski definition) is 16. The molecular weight excluding hydrogens is 1310 g/mol. The van der Waals surface area contributed by atoms with Crippen molar-refractivity contribution >= 4 is 99.9 Å². The number of H-pyrrole nitrogens is 1. The van der Waals surface area contributed by atoms with Gasteiger partial charge in [0.25, 0.3) is 5.91 Å². The SMILES string of the molecule is CC[C@H](C)[C@H](NC(=O)[C@@H](CCC(=O)O)NC(=O)[C@H](CC(C)C)NC(=O)c1csc(C(=O)C(C)C)n1)C(=O)N[C@H]1CCCCNC(=O)[C@H](CC(N)=O)NC(=O)[C@@H](CC(=O)O)NC(=O)[C@H](Cc2cnc[nH]2)NC(=O)[C@@H](Cc2ccccc2)NC(=O)[C@H]([C@@H](C)CC)NC(=O)[C@@H](CCCN)NC1=O. The van der Waals surface area contributed by atoms with Gasteiger partial charge in [-0.2, -0.15) is 0 Å². The lowest BCUT2D eigenvalue weighted by molar-refractivity contribution is -0.142. The Morgan fingerprint density at radius 2 is 1.27 bits per heavy atom. The summed E-state index contributed by atoms with van der Waals surface area (Å²) in [5, 5.41) is 49.5. The largest absolute Gasteiger partial charge is 0.481 e. The van der Waals surface area contributed by atoms with Crippen molar-refractivity contribution in [2.75, 3.05) is 13.1 Å². The first-order valence-corrected chi connectivity index (χ1v) is 34.0. The summed E-state index contributed by atoms with van der Waals surface area (Å²) in [7, 11) is 0. The lowest BCUT2D eigenvalue weighted by Crippen LogP contribution is -2.62. The highest BCUT2D eigenvalue weighted by Gasteiger charge is 2.39. The second-order valence-corrected chi connectivity index (χ2v) is 26.1. The maximum atomic E-state index is 14.9. The number of carbonyl (C=O) groups is 15. The van der Waals surface area contributed by atoms with E-state index in [2.05, 4.69) is 73.4 Å². The molecule has 0 radical (unpaired) electrons. The van der Waals surface area contributed by atoms with Crippen LogP contribution in [0.1, 0.15) is 164 Å². The van der Waals surface area contributed by atoms with Crippen molar-refractivity contribution < 1.29 is 82.1 Å². The van der Waals surface area contributed by atoms with Gasteiger partial charge in [-0.1, -0.05) is 98.6 Å². The Morgan fingerprint density at radius 1 is 0.667 bits per heavy atom. The Hall–Kier alpha value is -9.73. The van der Waals surface area contributed by atoms with Crippen LogP contribution in [-0.4, -0.2) is 187 Å². The monoisotopic (exact) mass is 1400 g/mol. The van der Waals surface area contributed by atoms with Gasteiger partial charge in [0, 0.05) is 49.0 Å². The average molecular weight is 1410 g/mol. The number of aromatic amines is 1. The fraction of sp³-hybridized carbons (Fsp3) is 0.585. The third kappa shape index (κ3) is 27.2. The van der Waals surface area contributed by atoms with E-state index in [0.29, 0.717) is 5.56 Å². The van der Waals surface area contributed by atoms with Gasteiger partial charge in [-0.25, -0.2) is 9.97 Å². The summed E-state index contributed by atoms with van der Waals surface area (Å²) in [6.45, 7) is 13.3. The number of benzene rings is 1. The molecule has 1 fully saturated rings. The molecule has 99 heavy (non-hydrogen) atoms. The number of carbonyl (C=O) groups excluding carboxylic acids is 13. The minimum absolute atomic E-state index is 0.00911. The average Bonchev–Trinajstić information content (AvgIpc) is 1.82. The number of aromatic nitrogens is 3. The zero-order chi connectivity index (χ0) is 73.6. The minimum atomic E-state index is -1.95. The van der Waals surface area contributed by atoms with Crippen LogP contribution in [0.25, 0.3) is 0 Å². The van der Waals surface area contributed by atoms with Gasteiger partial charge in [-0.15, -0.1) is 11.3 Å². The lowest BCUT2D eigenvalue weighted by Gasteiger charge is -2.30. The van der Waals surface area contributed by atoms with E-state index in [9.17, 15) is 82.1 Å². The van der Waals surface area contributed by atoms with Gasteiger partial charge in [0.1, 0.15) is 66.1 Å². The Labute approximate surface area is 577 Å². The van der Waals surface area contributed by atoms with Gasteiger partial charge < -0.3 is 85.1 Å². The summed E-state index contributed by atoms with van der Waals surface area (Å²) >= 11 is 0.945. The predicted octanol–water partition coefficient (Wildman–Crippen LogP) is -0.956. The van der Waals surface area contributed by atoms with E-state index in [-0.39, 0.29) is 105 Å². The number of primary amides is 1. The number of hydrogen-bond acceptors (Lipinski definition) is 19. The van der Waals surface area contributed by atoms with E-state index in [0.717, 1.165) is 11.3 Å². The molecule has 0 bridgehead atoms. The van der Waals surface area contributed by atoms with Gasteiger partial charge in [-0.05, 0) is 74.8 Å². The number of aliphatic carboxylic acids is 2. The maximum absolute atomic E-state index is 14.9. The second kappa shape index (κ2) is 40.9. The number of carboxylic acids is 2. The van der Waals surface area contributed by atoms with Crippen molar-refractivity contribution in [3.63, 3.8) is 0 Å². The van der Waals surface area contributed by atoms with E-state index < -0.39 is 187 Å². The number of nitrogens with one attached hydrogen (secondary N) is 12. The summed E-state index contributed by atoms with van der Waals surface area (Å²) in [5.41, 5.74) is 12.1. The number of thiazole rings is 1. The Balaban J connectivity index is 1.78. The molecule has 33 nitrogen and oxygen atoms in total. The quantitative estimate of drug-likeness (QED) is 0.0358. The molecule has 544 valence electrons. The van der Waals surface area contributed by atoms with Crippen molar-refractivity contribution in [3.05, 3.63) is 70.2 Å². The number of nitrogens with zero attached hydrogens (tertiary/aromatic N) is 2. The van der Waals surface area contributed by atoms with Gasteiger partial charge in [0.15, 0.2) is 10.8 Å². The standard InChI is InChI=1S/C65H96N16O17S/c1-9-35(7)51(81-57(91)41(21-22-49(83)84)72-58(92)42(25-33(3)4)74-62(96)47-31-99-65(79-47)53(87)34(5)6)63(97)73-39-19-14-15-24-69-54(88)45(28-48(67)82)76-61(95)46(29-50(85)86)77-60(94)44(27-38-30-68-32-70-38)75-59(93)43(26-37-17-12-11-13-18-37)78-64(98)52(36(8)10-2)80-56(90)40(20-16-23-66)71-55(39)89/h11-13,17-18,30-36,39-46,51-52H,9-10,14-16,19-29,66H2,1-8H3,(H2,67,82)(H,68,70)(H,69,88)(H,71,89)(H,72,92)(H,73,97)(H,74,96)(H,75,93)(H,76,95)(H,77,94)(H,78,98)(H,80,90)(H,81,91)(H,83,84)(H,85,86)/t35-,36-,39-,40+,41+,42-,43+,44-,45-,46+,51-,52-/m0/s1. The van der Waals surface area contributed by atoms with Gasteiger partial charge in [0.05, 0.1) is 19.2 Å². The van der Waals surface area contributed by atoms with Crippen LogP contribution in [0.5, 0.6) is 0 Å². The van der Waals surface area contributed by atoms with E-state index in [1.165, 1.54) is 17.9 Å². The van der Waals surface area contributed by atoms with Crippen LogP contribution < -0.4 is 70.0 Å². The summed E-state index contributed by atoms with van der Waals surface area (Å²) < 4.78 is 0. The maximum Gasteiger partial charge on any atom is 0.305 e. The fourth-order valence-electron chi connectivity index (χ4n) is 10.4. The topological polar surface area (TPSA) is 522 Å². The number of nitrogens with two attached hydrogens (primary N) is 2. The highest BCUT2D eigenvalue weighted by Crippen LogP contribution is 2.19. The second-order valence-electron chi connectivity index (χ2n) is 25.3. The molecule has 18 N–H and O–H groups in total. The molecule has 1 saturated heterocycles. The molecule has 0 aliphatic carbocycles. The first-order chi connectivity index (χ1) is 46.8. The molecule has 0 unspecified atom stereocenters. The Bertz CT molecular complexity index is 3290. The Kier molecular flexibility index (Phi) is 33.7. The number of carboxylic acid groups (broad SMARTS) is 2. The van der Waals surface area contributed by atoms with E-state index in [4.69, 9.17) is 11.5 Å². The Morgan fingerprint density at radius 3 is 1.86 bits per heavy atom. The summed E-state index contributed by atoms with van der Waals surface area (Å²) in [5.74, 6) is -17.0. The van der Waals surface area contributed by atoms with E-state index in [1.807, 2.05) is 0 Å². The van der Waals surface area contributed by atoms with Crippen LogP contribution in [-0.2, 0) is 75.2 Å². The van der Waals surface area contributed by atoms with Crippen LogP contribution >= 0.6 is 11.3 Å². The van der Waals surface area contributed by atoms with Crippen LogP contribution in [0.3, 0.4) is 0 Å². The third-order valence-electron chi connectivity index (χ3n) is 16.4. The van der Waals surface area contributed by atoms with E-state index >= 15 is 0 Å². The molecule has 1 aliphatic heterocycles. The van der Waals surface area contributed by atoms with Crippen LogP contribution in [0.15, 0.2) is 48.2 Å². The molecular formula is C65H96N16O17S. The number of amides is 12. The molecule has 3 aromatic rings. The summed E-state index contributed by atoms with van der Waals surface area (Å²) in [6, 6.07) is -7.32. The minimum Gasteiger partial charge on any atom is -0.481 e. The van der Waals surface area contributed by atoms with Crippen LogP contribution in [0.2, 0.25) is 0 Å². The van der Waals surface area contributed by atoms with Crippen molar-refractivity contribution in [2.45, 2.75) is 206 Å². The fourth-order valence-corrected chi connectivity index (χ4v) is 11.2. The molecule has 1 aromatic carbocycles. The zero-order valence-electron chi connectivity index (χ0n) is 57.0. The molecule has 3 heterocycles. The van der Waals surface area contributed by atoms with Crippen molar-refractivity contribution in [3.8, 4) is 0 Å². The van der Waals surface area contributed by atoms with E-state index in [1.54, 1.807) is 85.7 Å². The molecule has 34 heteroatoms. The van der Waals surface area contributed by atoms with Gasteiger partial charge >= 0.3 is 11.9 Å². The van der Waals surface area contributed by atoms with Gasteiger partial charge in [-0.3, -0.25) is 71.9 Å². The van der Waals surface area contributed by atoms with Crippen molar-refractivity contribution in [2.24, 2.45) is 35.1 Å². The first kappa shape index (κ1) is 81.7. The molecule has 12 atom stereocenters.